The second-order valence-electron chi connectivity index (χ2n) is 9.09. The first-order valence-electron chi connectivity index (χ1n) is 11.3. The Balaban J connectivity index is 1.49. The van der Waals surface area contributed by atoms with E-state index in [0.29, 0.717) is 5.92 Å². The summed E-state index contributed by atoms with van der Waals surface area (Å²) in [6, 6.07) is 14.6. The third-order valence-corrected chi connectivity index (χ3v) is 6.29. The summed E-state index contributed by atoms with van der Waals surface area (Å²) in [6.07, 6.45) is 5.98. The normalized spacial score (nSPS) is 19.8. The number of rotatable bonds is 8. The summed E-state index contributed by atoms with van der Waals surface area (Å²) in [7, 11) is 0. The van der Waals surface area contributed by atoms with Crippen LogP contribution in [0.4, 0.5) is 13.2 Å². The summed E-state index contributed by atoms with van der Waals surface area (Å²) in [4.78, 5) is 0. The van der Waals surface area contributed by atoms with Crippen molar-refractivity contribution in [2.45, 2.75) is 77.5 Å². The van der Waals surface area contributed by atoms with Gasteiger partial charge in [0.2, 0.25) is 0 Å². The first kappa shape index (κ1) is 22.7. The maximum atomic E-state index is 12.3. The van der Waals surface area contributed by atoms with Crippen molar-refractivity contribution in [2.24, 2.45) is 11.8 Å². The molecule has 1 aliphatic rings. The van der Waals surface area contributed by atoms with Gasteiger partial charge in [-0.25, -0.2) is 0 Å². The van der Waals surface area contributed by atoms with E-state index in [4.69, 9.17) is 0 Å². The van der Waals surface area contributed by atoms with Crippen molar-refractivity contribution in [3.05, 3.63) is 54.1 Å². The quantitative estimate of drug-likeness (QED) is 0.389. The summed E-state index contributed by atoms with van der Waals surface area (Å²) in [5, 5.41) is 0. The molecule has 0 bridgehead atoms. The van der Waals surface area contributed by atoms with Crippen LogP contribution in [-0.2, 0) is 0 Å². The Morgan fingerprint density at radius 1 is 0.833 bits per heavy atom. The molecule has 1 saturated carbocycles. The molecule has 0 heterocycles. The molecule has 0 atom stereocenters. The number of alkyl halides is 3. The zero-order chi connectivity index (χ0) is 21.6. The molecule has 0 N–H and O–H groups in total. The van der Waals surface area contributed by atoms with Crippen LogP contribution in [0, 0.1) is 11.8 Å². The molecule has 0 amide bonds. The van der Waals surface area contributed by atoms with Gasteiger partial charge in [0.05, 0.1) is 0 Å². The summed E-state index contributed by atoms with van der Waals surface area (Å²) in [5.41, 5.74) is 3.28. The molecule has 2 aromatic rings. The number of hydrogen-bond acceptors (Lipinski definition) is 1. The van der Waals surface area contributed by atoms with E-state index in [0.717, 1.165) is 23.0 Å². The fraction of sp³-hybridized carbons (Fsp3) is 0.538. The third-order valence-electron chi connectivity index (χ3n) is 6.29. The van der Waals surface area contributed by atoms with Crippen LogP contribution in [0.25, 0.3) is 11.1 Å². The summed E-state index contributed by atoms with van der Waals surface area (Å²) < 4.78 is 40.8. The number of ether oxygens (including phenoxy) is 1. The molecule has 4 heteroatoms. The minimum atomic E-state index is -4.66. The number of benzene rings is 2. The van der Waals surface area contributed by atoms with Crippen LogP contribution in [0.2, 0.25) is 0 Å². The lowest BCUT2D eigenvalue weighted by Gasteiger charge is -2.29. The van der Waals surface area contributed by atoms with E-state index in [9.17, 15) is 13.2 Å². The predicted molar refractivity (Wildman–Crippen MR) is 117 cm³/mol. The van der Waals surface area contributed by atoms with Crippen molar-refractivity contribution in [2.75, 3.05) is 0 Å². The van der Waals surface area contributed by atoms with Crippen LogP contribution in [0.5, 0.6) is 5.75 Å². The molecule has 0 aliphatic heterocycles. The van der Waals surface area contributed by atoms with E-state index < -0.39 is 6.36 Å². The lowest BCUT2D eigenvalue weighted by molar-refractivity contribution is -0.274. The smallest absolute Gasteiger partial charge is 0.406 e. The highest BCUT2D eigenvalue weighted by Gasteiger charge is 2.31. The van der Waals surface area contributed by atoms with Gasteiger partial charge in [0.15, 0.2) is 0 Å². The minimum absolute atomic E-state index is 0.191. The van der Waals surface area contributed by atoms with E-state index >= 15 is 0 Å². The molecule has 164 valence electrons. The molecule has 0 radical (unpaired) electrons. The van der Waals surface area contributed by atoms with Crippen molar-refractivity contribution in [1.82, 2.24) is 0 Å². The van der Waals surface area contributed by atoms with Crippen LogP contribution in [0.15, 0.2) is 48.5 Å². The third kappa shape index (κ3) is 7.07. The minimum Gasteiger partial charge on any atom is -0.406 e. The van der Waals surface area contributed by atoms with E-state index in [1.165, 1.54) is 69.1 Å². The van der Waals surface area contributed by atoms with Crippen LogP contribution in [-0.4, -0.2) is 6.36 Å². The van der Waals surface area contributed by atoms with Gasteiger partial charge in [0, 0.05) is 0 Å². The average Bonchev–Trinajstić information content (AvgIpc) is 2.71. The van der Waals surface area contributed by atoms with Gasteiger partial charge in [0.1, 0.15) is 5.75 Å². The summed E-state index contributed by atoms with van der Waals surface area (Å²) >= 11 is 0. The topological polar surface area (TPSA) is 9.23 Å². The van der Waals surface area contributed by atoms with Crippen LogP contribution in [0.1, 0.15) is 76.7 Å². The number of halogens is 3. The second kappa shape index (κ2) is 10.4. The molecular weight excluding hydrogens is 385 g/mol. The van der Waals surface area contributed by atoms with E-state index in [-0.39, 0.29) is 5.75 Å². The van der Waals surface area contributed by atoms with Crippen molar-refractivity contribution >= 4 is 0 Å². The average molecular weight is 419 g/mol. The highest BCUT2D eigenvalue weighted by molar-refractivity contribution is 5.64. The number of hydrogen-bond donors (Lipinski definition) is 0. The summed E-state index contributed by atoms with van der Waals surface area (Å²) in [6.45, 7) is 4.60. The van der Waals surface area contributed by atoms with E-state index in [1.807, 2.05) is 0 Å². The molecule has 0 unspecified atom stereocenters. The molecule has 0 spiro atoms. The Morgan fingerprint density at radius 3 is 1.93 bits per heavy atom. The largest absolute Gasteiger partial charge is 0.573 e. The lowest BCUT2D eigenvalue weighted by Crippen LogP contribution is -2.16. The van der Waals surface area contributed by atoms with Gasteiger partial charge in [0.25, 0.3) is 0 Å². The SMILES string of the molecule is CC(C)CCCCC1CCC(c2ccc(-c3ccc(OC(F)(F)F)cc3)cc2)CC1. The van der Waals surface area contributed by atoms with E-state index in [1.54, 1.807) is 12.1 Å². The van der Waals surface area contributed by atoms with Crippen molar-refractivity contribution < 1.29 is 17.9 Å². The Bertz CT molecular complexity index is 754. The predicted octanol–water partition coefficient (Wildman–Crippen LogP) is 8.74. The van der Waals surface area contributed by atoms with Gasteiger partial charge in [-0.05, 0) is 72.3 Å². The van der Waals surface area contributed by atoms with Crippen molar-refractivity contribution in [3.8, 4) is 16.9 Å². The van der Waals surface area contributed by atoms with Crippen LogP contribution >= 0.6 is 0 Å². The van der Waals surface area contributed by atoms with Gasteiger partial charge in [-0.3, -0.25) is 0 Å². The van der Waals surface area contributed by atoms with Crippen LogP contribution in [0.3, 0.4) is 0 Å². The molecular formula is C26H33F3O. The molecule has 0 saturated heterocycles. The van der Waals surface area contributed by atoms with Crippen molar-refractivity contribution in [1.29, 1.82) is 0 Å². The molecule has 30 heavy (non-hydrogen) atoms. The monoisotopic (exact) mass is 418 g/mol. The van der Waals surface area contributed by atoms with Gasteiger partial charge < -0.3 is 4.74 Å². The molecule has 0 aromatic heterocycles. The zero-order valence-electron chi connectivity index (χ0n) is 18.0. The fourth-order valence-electron chi connectivity index (χ4n) is 4.57. The molecule has 1 nitrogen and oxygen atoms in total. The Hall–Kier alpha value is -1.97. The second-order valence-corrected chi connectivity index (χ2v) is 9.09. The van der Waals surface area contributed by atoms with E-state index in [2.05, 4.69) is 42.8 Å². The maximum Gasteiger partial charge on any atom is 0.573 e. The fourth-order valence-corrected chi connectivity index (χ4v) is 4.57. The van der Waals surface area contributed by atoms with Gasteiger partial charge in [-0.15, -0.1) is 13.2 Å². The van der Waals surface area contributed by atoms with Gasteiger partial charge >= 0.3 is 6.36 Å². The zero-order valence-corrected chi connectivity index (χ0v) is 18.0. The molecule has 1 fully saturated rings. The lowest BCUT2D eigenvalue weighted by atomic mass is 9.77. The van der Waals surface area contributed by atoms with Crippen LogP contribution < -0.4 is 4.74 Å². The molecule has 1 aliphatic carbocycles. The summed E-state index contributed by atoms with van der Waals surface area (Å²) in [5.74, 6) is 2.15. The molecule has 3 rings (SSSR count). The Kier molecular flexibility index (Phi) is 7.85. The Morgan fingerprint density at radius 2 is 1.40 bits per heavy atom. The maximum absolute atomic E-state index is 12.3. The standard InChI is InChI=1S/C26H33F3O/c1-19(2)5-3-4-6-20-7-9-21(10-8-20)22-11-13-23(14-12-22)24-15-17-25(18-16-24)30-26(27,28)29/h11-21H,3-10H2,1-2H3. The Labute approximate surface area is 178 Å². The van der Waals surface area contributed by atoms with Crippen molar-refractivity contribution in [3.63, 3.8) is 0 Å². The number of unbranched alkanes of at least 4 members (excludes halogenated alkanes) is 1. The molecule has 2 aromatic carbocycles. The first-order valence-corrected chi connectivity index (χ1v) is 11.3. The van der Waals surface area contributed by atoms with Gasteiger partial charge in [-0.2, -0.15) is 0 Å². The highest BCUT2D eigenvalue weighted by Crippen LogP contribution is 2.38. The highest BCUT2D eigenvalue weighted by atomic mass is 19.4. The van der Waals surface area contributed by atoms with Gasteiger partial charge in [-0.1, -0.05) is 75.9 Å². The first-order chi connectivity index (χ1) is 14.3.